The Morgan fingerprint density at radius 1 is 1.50 bits per heavy atom. The second-order valence-corrected chi connectivity index (χ2v) is 4.67. The number of benzene rings is 1. The van der Waals surface area contributed by atoms with E-state index in [9.17, 15) is 9.18 Å². The summed E-state index contributed by atoms with van der Waals surface area (Å²) >= 11 is 0. The quantitative estimate of drug-likeness (QED) is 0.834. The highest BCUT2D eigenvalue weighted by Crippen LogP contribution is 2.45. The van der Waals surface area contributed by atoms with Gasteiger partial charge in [-0.05, 0) is 43.0 Å². The fraction of sp³-hybridized carbons (Fsp3) is 0.462. The van der Waals surface area contributed by atoms with Gasteiger partial charge in [0.25, 0.3) is 0 Å². The maximum Gasteiger partial charge on any atom is 0.230 e. The predicted molar refractivity (Wildman–Crippen MR) is 61.7 cm³/mol. The number of amides is 1. The number of hydrogen-bond acceptors (Lipinski definition) is 1. The van der Waals surface area contributed by atoms with Crippen LogP contribution in [0, 0.1) is 11.2 Å². The second-order valence-electron chi connectivity index (χ2n) is 4.67. The number of anilines is 1. The molecule has 0 bridgehead atoms. The lowest BCUT2D eigenvalue weighted by Crippen LogP contribution is -2.21. The van der Waals surface area contributed by atoms with E-state index in [1.807, 2.05) is 13.8 Å². The summed E-state index contributed by atoms with van der Waals surface area (Å²) in [5.74, 6) is -0.167. The van der Waals surface area contributed by atoms with Gasteiger partial charge in [-0.3, -0.25) is 4.79 Å². The molecule has 2 rings (SSSR count). The molecule has 0 aliphatic heterocycles. The maximum absolute atomic E-state index is 13.2. The number of carbonyl (C=O) groups is 1. The van der Waals surface area contributed by atoms with Crippen molar-refractivity contribution in [2.24, 2.45) is 5.41 Å². The van der Waals surface area contributed by atoms with E-state index in [0.717, 1.165) is 12.8 Å². The molecule has 1 N–H and O–H groups in total. The van der Waals surface area contributed by atoms with Crippen LogP contribution in [0.15, 0.2) is 18.2 Å². The molecular formula is C13H16FNO. The van der Waals surface area contributed by atoms with Crippen LogP contribution in [0.25, 0.3) is 0 Å². The van der Waals surface area contributed by atoms with Crippen molar-refractivity contribution in [1.82, 2.24) is 0 Å². The zero-order valence-corrected chi connectivity index (χ0v) is 9.64. The highest BCUT2D eigenvalue weighted by atomic mass is 19.1. The van der Waals surface area contributed by atoms with Crippen LogP contribution >= 0.6 is 0 Å². The van der Waals surface area contributed by atoms with Gasteiger partial charge in [-0.15, -0.1) is 0 Å². The summed E-state index contributed by atoms with van der Waals surface area (Å²) in [6, 6.07) is 4.72. The molecule has 0 radical (unpaired) electrons. The molecule has 0 atom stereocenters. The van der Waals surface area contributed by atoms with Crippen molar-refractivity contribution in [2.75, 3.05) is 5.32 Å². The van der Waals surface area contributed by atoms with Crippen molar-refractivity contribution in [2.45, 2.75) is 33.1 Å². The van der Waals surface area contributed by atoms with Gasteiger partial charge in [-0.25, -0.2) is 4.39 Å². The summed E-state index contributed by atoms with van der Waals surface area (Å²) in [4.78, 5) is 11.8. The Balaban J connectivity index is 2.12. The number of halogens is 1. The SMILES string of the molecule is CCc1cc(NC(=O)C2(C)CC2)ccc1F. The van der Waals surface area contributed by atoms with Crippen LogP contribution in [0.4, 0.5) is 10.1 Å². The van der Waals surface area contributed by atoms with E-state index in [2.05, 4.69) is 5.32 Å². The molecule has 0 heterocycles. The molecule has 0 spiro atoms. The Morgan fingerprint density at radius 2 is 2.19 bits per heavy atom. The van der Waals surface area contributed by atoms with Gasteiger partial charge in [0.05, 0.1) is 0 Å². The molecule has 16 heavy (non-hydrogen) atoms. The van der Waals surface area contributed by atoms with Crippen molar-refractivity contribution in [1.29, 1.82) is 0 Å². The van der Waals surface area contributed by atoms with Crippen LogP contribution in [0.2, 0.25) is 0 Å². The van der Waals surface area contributed by atoms with Crippen LogP contribution in [-0.4, -0.2) is 5.91 Å². The van der Waals surface area contributed by atoms with Crippen LogP contribution in [0.1, 0.15) is 32.3 Å². The third kappa shape index (κ3) is 2.08. The Bertz CT molecular complexity index is 424. The molecule has 1 amide bonds. The molecular weight excluding hydrogens is 205 g/mol. The van der Waals surface area contributed by atoms with E-state index < -0.39 is 0 Å². The number of rotatable bonds is 3. The lowest BCUT2D eigenvalue weighted by atomic mass is 10.1. The van der Waals surface area contributed by atoms with Gasteiger partial charge in [-0.1, -0.05) is 13.8 Å². The second kappa shape index (κ2) is 3.89. The summed E-state index contributed by atoms with van der Waals surface area (Å²) < 4.78 is 13.2. The third-order valence-corrected chi connectivity index (χ3v) is 3.23. The first kappa shape index (κ1) is 11.1. The zero-order valence-electron chi connectivity index (χ0n) is 9.64. The van der Waals surface area contributed by atoms with Gasteiger partial charge in [0, 0.05) is 11.1 Å². The van der Waals surface area contributed by atoms with Crippen molar-refractivity contribution >= 4 is 11.6 Å². The third-order valence-electron chi connectivity index (χ3n) is 3.23. The molecule has 1 aromatic carbocycles. The highest BCUT2D eigenvalue weighted by Gasteiger charge is 2.44. The van der Waals surface area contributed by atoms with Crippen molar-refractivity contribution in [3.05, 3.63) is 29.6 Å². The van der Waals surface area contributed by atoms with Gasteiger partial charge in [0.15, 0.2) is 0 Å². The standard InChI is InChI=1S/C13H16FNO/c1-3-9-8-10(4-5-11(9)14)15-12(16)13(2)6-7-13/h4-5,8H,3,6-7H2,1-2H3,(H,15,16). The van der Waals surface area contributed by atoms with Crippen LogP contribution < -0.4 is 5.32 Å². The van der Waals surface area contributed by atoms with Crippen LogP contribution in [0.5, 0.6) is 0 Å². The first-order chi connectivity index (χ1) is 7.55. The van der Waals surface area contributed by atoms with Crippen LogP contribution in [0.3, 0.4) is 0 Å². The average Bonchev–Trinajstić information content (AvgIpc) is 3.01. The number of hydrogen-bond donors (Lipinski definition) is 1. The molecule has 1 aliphatic carbocycles. The molecule has 1 aromatic rings. The fourth-order valence-electron chi connectivity index (χ4n) is 1.62. The van der Waals surface area contributed by atoms with Gasteiger partial charge < -0.3 is 5.32 Å². The number of nitrogens with one attached hydrogen (secondary N) is 1. The number of aryl methyl sites for hydroxylation is 1. The van der Waals surface area contributed by atoms with Crippen LogP contribution in [-0.2, 0) is 11.2 Å². The smallest absolute Gasteiger partial charge is 0.230 e. The molecule has 2 nitrogen and oxygen atoms in total. The van der Waals surface area contributed by atoms with Gasteiger partial charge in [0.1, 0.15) is 5.82 Å². The molecule has 0 aromatic heterocycles. The van der Waals surface area contributed by atoms with E-state index in [1.54, 1.807) is 12.1 Å². The average molecular weight is 221 g/mol. The molecule has 0 unspecified atom stereocenters. The van der Waals surface area contributed by atoms with Gasteiger partial charge in [-0.2, -0.15) is 0 Å². The van der Waals surface area contributed by atoms with E-state index in [1.165, 1.54) is 6.07 Å². The Morgan fingerprint density at radius 3 is 2.75 bits per heavy atom. The molecule has 1 fully saturated rings. The van der Waals surface area contributed by atoms with Gasteiger partial charge in [0.2, 0.25) is 5.91 Å². The summed E-state index contributed by atoms with van der Waals surface area (Å²) in [5.41, 5.74) is 1.14. The topological polar surface area (TPSA) is 29.1 Å². The largest absolute Gasteiger partial charge is 0.326 e. The Hall–Kier alpha value is -1.38. The van der Waals surface area contributed by atoms with E-state index in [0.29, 0.717) is 17.7 Å². The van der Waals surface area contributed by atoms with Gasteiger partial charge >= 0.3 is 0 Å². The van der Waals surface area contributed by atoms with E-state index in [-0.39, 0.29) is 17.1 Å². The minimum absolute atomic E-state index is 0.0427. The van der Waals surface area contributed by atoms with Crippen molar-refractivity contribution in [3.8, 4) is 0 Å². The molecule has 1 aliphatic rings. The van der Waals surface area contributed by atoms with E-state index in [4.69, 9.17) is 0 Å². The van der Waals surface area contributed by atoms with E-state index >= 15 is 0 Å². The first-order valence-corrected chi connectivity index (χ1v) is 5.65. The summed E-state index contributed by atoms with van der Waals surface area (Å²) in [5, 5.41) is 2.84. The minimum atomic E-state index is -0.210. The predicted octanol–water partition coefficient (Wildman–Crippen LogP) is 3.13. The summed E-state index contributed by atoms with van der Waals surface area (Å²) in [7, 11) is 0. The minimum Gasteiger partial charge on any atom is -0.326 e. The fourth-order valence-corrected chi connectivity index (χ4v) is 1.62. The highest BCUT2D eigenvalue weighted by molar-refractivity contribution is 5.96. The molecule has 0 saturated heterocycles. The molecule has 86 valence electrons. The van der Waals surface area contributed by atoms with Crippen molar-refractivity contribution in [3.63, 3.8) is 0 Å². The number of carbonyl (C=O) groups excluding carboxylic acids is 1. The maximum atomic E-state index is 13.2. The zero-order chi connectivity index (χ0) is 11.8. The first-order valence-electron chi connectivity index (χ1n) is 5.65. The lowest BCUT2D eigenvalue weighted by molar-refractivity contribution is -0.120. The Labute approximate surface area is 94.9 Å². The van der Waals surface area contributed by atoms with Crippen molar-refractivity contribution < 1.29 is 9.18 Å². The lowest BCUT2D eigenvalue weighted by Gasteiger charge is -2.11. The molecule has 1 saturated carbocycles. The summed E-state index contributed by atoms with van der Waals surface area (Å²) in [6.07, 6.45) is 2.52. The summed E-state index contributed by atoms with van der Waals surface area (Å²) in [6.45, 7) is 3.85. The normalized spacial score (nSPS) is 16.9. The monoisotopic (exact) mass is 221 g/mol. The Kier molecular flexibility index (Phi) is 2.70. The molecule has 3 heteroatoms.